The summed E-state index contributed by atoms with van der Waals surface area (Å²) in [6.45, 7) is 0.737. The first-order valence-corrected chi connectivity index (χ1v) is 12.8. The summed E-state index contributed by atoms with van der Waals surface area (Å²) in [5.74, 6) is 0.157. The van der Waals surface area contributed by atoms with Crippen molar-refractivity contribution in [3.05, 3.63) is 59.0 Å². The Morgan fingerprint density at radius 2 is 2.00 bits per heavy atom. The van der Waals surface area contributed by atoms with Crippen LogP contribution in [0.3, 0.4) is 0 Å². The molecule has 2 aromatic carbocycles. The minimum atomic E-state index is -0.701. The van der Waals surface area contributed by atoms with Gasteiger partial charge >= 0.3 is 12.1 Å². The Hall–Kier alpha value is -3.63. The van der Waals surface area contributed by atoms with Gasteiger partial charge in [0, 0.05) is 31.2 Å². The van der Waals surface area contributed by atoms with Gasteiger partial charge in [-0.2, -0.15) is 0 Å². The van der Waals surface area contributed by atoms with E-state index in [2.05, 4.69) is 5.32 Å². The number of likely N-dealkylation sites (tertiary alicyclic amines) is 1. The fraction of sp³-hybridized carbons (Fsp3) is 0.370. The summed E-state index contributed by atoms with van der Waals surface area (Å²) in [6, 6.07) is 8.06. The molecule has 1 saturated carbocycles. The van der Waals surface area contributed by atoms with E-state index in [-0.39, 0.29) is 35.6 Å². The number of urea groups is 1. The van der Waals surface area contributed by atoms with Crippen LogP contribution < -0.4 is 15.8 Å². The number of halogens is 2. The van der Waals surface area contributed by atoms with Crippen molar-refractivity contribution >= 4 is 46.0 Å². The van der Waals surface area contributed by atoms with Gasteiger partial charge in [-0.1, -0.05) is 23.7 Å². The van der Waals surface area contributed by atoms with Gasteiger partial charge in [-0.25, -0.2) is 14.0 Å². The summed E-state index contributed by atoms with van der Waals surface area (Å²) < 4.78 is 26.2. The molecule has 2 heterocycles. The lowest BCUT2D eigenvalue weighted by Crippen LogP contribution is -2.45. The number of benzene rings is 2. The standard InChI is InChI=1S/C27H28ClFN4O5/c1-37-9-10-38-17-6-7-21-18(13-17)20(14-32(21)26(30)35)31-27(36)33-22-11-16(22)12-23(33)24(34)8-5-15-3-2-4-19(28)25(15)29/h2-4,6-7,13-14,16,22-23H,5,8-12H2,1H3,(H2,30,35)(H,31,36)/t16?,22?,23-/m0/s1. The molecule has 3 atom stereocenters. The molecule has 5 rings (SSSR count). The van der Waals surface area contributed by atoms with Crippen molar-refractivity contribution in [2.45, 2.75) is 37.8 Å². The fourth-order valence-electron chi connectivity index (χ4n) is 5.21. The van der Waals surface area contributed by atoms with Crippen LogP contribution in [-0.2, 0) is 16.0 Å². The number of fused-ring (bicyclic) bond motifs is 2. The molecule has 0 radical (unpaired) electrons. The number of hydrogen-bond donors (Lipinski definition) is 2. The number of anilines is 1. The van der Waals surface area contributed by atoms with Gasteiger partial charge < -0.3 is 25.4 Å². The number of aryl methyl sites for hydroxylation is 1. The number of hydrogen-bond acceptors (Lipinski definition) is 5. The lowest BCUT2D eigenvalue weighted by molar-refractivity contribution is -0.123. The molecule has 2 unspecified atom stereocenters. The first kappa shape index (κ1) is 26.0. The van der Waals surface area contributed by atoms with Gasteiger partial charge in [0.25, 0.3) is 0 Å². The zero-order valence-electron chi connectivity index (χ0n) is 20.8. The summed E-state index contributed by atoms with van der Waals surface area (Å²) >= 11 is 5.86. The Balaban J connectivity index is 1.34. The van der Waals surface area contributed by atoms with E-state index in [0.717, 1.165) is 6.42 Å². The smallest absolute Gasteiger partial charge is 0.323 e. The topological polar surface area (TPSA) is 116 Å². The maximum absolute atomic E-state index is 14.3. The lowest BCUT2D eigenvalue weighted by atomic mass is 10.00. The maximum atomic E-state index is 14.3. The highest BCUT2D eigenvalue weighted by molar-refractivity contribution is 6.30. The second kappa shape index (κ2) is 10.6. The highest BCUT2D eigenvalue weighted by atomic mass is 35.5. The number of rotatable bonds is 9. The molecule has 200 valence electrons. The Bertz CT molecular complexity index is 1410. The molecule has 3 aromatic rings. The molecule has 1 saturated heterocycles. The number of carbonyl (C=O) groups excluding carboxylic acids is 3. The molecule has 1 aliphatic carbocycles. The van der Waals surface area contributed by atoms with Gasteiger partial charge in [-0.05, 0) is 55.0 Å². The third-order valence-corrected chi connectivity index (χ3v) is 7.49. The molecular formula is C27H28ClFN4O5. The van der Waals surface area contributed by atoms with Crippen molar-refractivity contribution in [2.24, 2.45) is 11.7 Å². The molecular weight excluding hydrogens is 515 g/mol. The van der Waals surface area contributed by atoms with Crippen LogP contribution in [0.4, 0.5) is 19.7 Å². The average Bonchev–Trinajstić information content (AvgIpc) is 3.40. The first-order valence-electron chi connectivity index (χ1n) is 12.4. The largest absolute Gasteiger partial charge is 0.491 e. The Morgan fingerprint density at radius 3 is 2.76 bits per heavy atom. The van der Waals surface area contributed by atoms with Gasteiger partial charge in [-0.3, -0.25) is 9.36 Å². The van der Waals surface area contributed by atoms with Crippen LogP contribution in [0.1, 0.15) is 24.8 Å². The van der Waals surface area contributed by atoms with E-state index < -0.39 is 23.9 Å². The monoisotopic (exact) mass is 542 g/mol. The second-order valence-corrected chi connectivity index (χ2v) is 10.0. The average molecular weight is 543 g/mol. The number of primary amides is 1. The van der Waals surface area contributed by atoms with Crippen molar-refractivity contribution in [1.82, 2.24) is 9.47 Å². The van der Waals surface area contributed by atoms with E-state index >= 15 is 0 Å². The number of piperidine rings is 1. The normalized spacial score (nSPS) is 19.9. The van der Waals surface area contributed by atoms with Gasteiger partial charge in [0.15, 0.2) is 5.78 Å². The summed E-state index contributed by atoms with van der Waals surface area (Å²) in [6.07, 6.45) is 3.16. The minimum Gasteiger partial charge on any atom is -0.491 e. The molecule has 0 bridgehead atoms. The summed E-state index contributed by atoms with van der Waals surface area (Å²) in [5, 5.41) is 3.46. The highest BCUT2D eigenvalue weighted by Crippen LogP contribution is 2.48. The number of nitrogens with zero attached hydrogens (tertiary/aromatic N) is 2. The second-order valence-electron chi connectivity index (χ2n) is 9.60. The lowest BCUT2D eigenvalue weighted by Gasteiger charge is -2.27. The van der Waals surface area contributed by atoms with Crippen LogP contribution in [0.5, 0.6) is 5.75 Å². The number of Topliss-reactive ketones (excluding diaryl/α,β-unsaturated/α-hetero) is 1. The maximum Gasteiger partial charge on any atom is 0.323 e. The van der Waals surface area contributed by atoms with Gasteiger partial charge in [-0.15, -0.1) is 0 Å². The van der Waals surface area contributed by atoms with E-state index in [4.69, 9.17) is 26.8 Å². The van der Waals surface area contributed by atoms with E-state index in [9.17, 15) is 18.8 Å². The Morgan fingerprint density at radius 1 is 1.18 bits per heavy atom. The van der Waals surface area contributed by atoms with Crippen LogP contribution in [0.2, 0.25) is 5.02 Å². The molecule has 1 aliphatic heterocycles. The van der Waals surface area contributed by atoms with Gasteiger partial charge in [0.05, 0.1) is 28.9 Å². The zero-order valence-corrected chi connectivity index (χ0v) is 21.5. The van der Waals surface area contributed by atoms with Crippen molar-refractivity contribution < 1.29 is 28.2 Å². The number of nitrogens with one attached hydrogen (secondary N) is 1. The Kier molecular flexibility index (Phi) is 7.27. The van der Waals surface area contributed by atoms with E-state index in [1.165, 1.54) is 16.8 Å². The number of amides is 3. The highest BCUT2D eigenvalue weighted by Gasteiger charge is 2.55. The van der Waals surface area contributed by atoms with Crippen molar-refractivity contribution in [3.8, 4) is 5.75 Å². The number of aromatic nitrogens is 1. The van der Waals surface area contributed by atoms with Crippen molar-refractivity contribution in [2.75, 3.05) is 25.6 Å². The third-order valence-electron chi connectivity index (χ3n) is 7.19. The molecule has 11 heteroatoms. The molecule has 3 amide bonds. The summed E-state index contributed by atoms with van der Waals surface area (Å²) in [5.41, 5.74) is 6.80. The van der Waals surface area contributed by atoms with E-state index in [1.807, 2.05) is 0 Å². The first-order chi connectivity index (χ1) is 18.3. The summed E-state index contributed by atoms with van der Waals surface area (Å²) in [4.78, 5) is 40.3. The van der Waals surface area contributed by atoms with Crippen LogP contribution in [0.15, 0.2) is 42.6 Å². The van der Waals surface area contributed by atoms with Crippen LogP contribution in [-0.4, -0.2) is 59.7 Å². The molecule has 2 aliphatic rings. The van der Waals surface area contributed by atoms with Crippen LogP contribution in [0.25, 0.3) is 10.9 Å². The molecule has 3 N–H and O–H groups in total. The molecule has 38 heavy (non-hydrogen) atoms. The molecule has 9 nitrogen and oxygen atoms in total. The van der Waals surface area contributed by atoms with Crippen molar-refractivity contribution in [1.29, 1.82) is 0 Å². The molecule has 2 fully saturated rings. The SMILES string of the molecule is COCCOc1ccc2c(c1)c(NC(=O)N1C3CC3C[C@H]1C(=O)CCc1cccc(Cl)c1F)cn2C(N)=O. The zero-order chi connectivity index (χ0) is 27.0. The fourth-order valence-corrected chi connectivity index (χ4v) is 5.40. The van der Waals surface area contributed by atoms with E-state index in [0.29, 0.717) is 47.5 Å². The number of ketones is 1. The van der Waals surface area contributed by atoms with Gasteiger partial charge in [0.1, 0.15) is 18.2 Å². The number of ether oxygens (including phenoxy) is 2. The molecule has 1 aromatic heterocycles. The van der Waals surface area contributed by atoms with Crippen LogP contribution in [0, 0.1) is 11.7 Å². The quantitative estimate of drug-likeness (QED) is 0.384. The number of carbonyl (C=O) groups is 3. The predicted molar refractivity (Wildman–Crippen MR) is 140 cm³/mol. The van der Waals surface area contributed by atoms with Crippen molar-refractivity contribution in [3.63, 3.8) is 0 Å². The third kappa shape index (κ3) is 5.06. The minimum absolute atomic E-state index is 0.0143. The van der Waals surface area contributed by atoms with Gasteiger partial charge in [0.2, 0.25) is 0 Å². The number of nitrogens with two attached hydrogens (primary N) is 1. The molecule has 0 spiro atoms. The van der Waals surface area contributed by atoms with E-state index in [1.54, 1.807) is 42.3 Å². The predicted octanol–water partition coefficient (Wildman–Crippen LogP) is 4.58. The number of methoxy groups -OCH3 is 1. The summed E-state index contributed by atoms with van der Waals surface area (Å²) in [7, 11) is 1.57. The Labute approximate surface area is 223 Å². The van der Waals surface area contributed by atoms with Crippen LogP contribution >= 0.6 is 11.6 Å².